The number of nitrogens with one attached hydrogen (secondary N) is 1. The topological polar surface area (TPSA) is 18.5 Å². The number of likely N-dealkylation sites (tertiary alicyclic amines) is 1. The maximum absolute atomic E-state index is 3.43. The van der Waals surface area contributed by atoms with Gasteiger partial charge >= 0.3 is 0 Å². The fourth-order valence-electron chi connectivity index (χ4n) is 4.21. The SMILES string of the molecule is CNCC1(CN2CC(C)C(N(C)C)C2)CCCC1. The van der Waals surface area contributed by atoms with Gasteiger partial charge in [0.15, 0.2) is 0 Å². The van der Waals surface area contributed by atoms with Crippen LogP contribution in [0.3, 0.4) is 0 Å². The lowest BCUT2D eigenvalue weighted by Gasteiger charge is -2.33. The van der Waals surface area contributed by atoms with Crippen LogP contribution in [-0.4, -0.2) is 63.2 Å². The third-order valence-corrected chi connectivity index (χ3v) is 5.09. The molecule has 0 aromatic heterocycles. The molecule has 0 bridgehead atoms. The molecule has 2 unspecified atom stereocenters. The van der Waals surface area contributed by atoms with Gasteiger partial charge in [0, 0.05) is 32.2 Å². The molecule has 1 aliphatic carbocycles. The molecule has 3 heteroatoms. The summed E-state index contributed by atoms with van der Waals surface area (Å²) < 4.78 is 0. The molecule has 0 aromatic carbocycles. The Kier molecular flexibility index (Phi) is 4.68. The molecular formula is C15H31N3. The van der Waals surface area contributed by atoms with Crippen LogP contribution in [-0.2, 0) is 0 Å². The maximum Gasteiger partial charge on any atom is 0.0254 e. The fraction of sp³-hybridized carbons (Fsp3) is 1.00. The third-order valence-electron chi connectivity index (χ3n) is 5.09. The first kappa shape index (κ1) is 14.3. The second-order valence-electron chi connectivity index (χ2n) is 6.94. The normalized spacial score (nSPS) is 32.5. The van der Waals surface area contributed by atoms with Gasteiger partial charge in [-0.2, -0.15) is 0 Å². The van der Waals surface area contributed by atoms with Crippen molar-refractivity contribution >= 4 is 0 Å². The van der Waals surface area contributed by atoms with Gasteiger partial charge in [-0.3, -0.25) is 0 Å². The molecular weight excluding hydrogens is 222 g/mol. The van der Waals surface area contributed by atoms with E-state index in [0.717, 1.165) is 12.0 Å². The second-order valence-corrected chi connectivity index (χ2v) is 6.94. The van der Waals surface area contributed by atoms with E-state index < -0.39 is 0 Å². The lowest BCUT2D eigenvalue weighted by Crippen LogP contribution is -2.42. The highest BCUT2D eigenvalue weighted by molar-refractivity contribution is 4.94. The summed E-state index contributed by atoms with van der Waals surface area (Å²) in [5.41, 5.74) is 0.565. The molecule has 0 spiro atoms. The number of hydrogen-bond donors (Lipinski definition) is 1. The van der Waals surface area contributed by atoms with Gasteiger partial charge in [-0.1, -0.05) is 19.8 Å². The van der Waals surface area contributed by atoms with Crippen LogP contribution in [0.5, 0.6) is 0 Å². The van der Waals surface area contributed by atoms with Crippen molar-refractivity contribution in [1.82, 2.24) is 15.1 Å². The van der Waals surface area contributed by atoms with E-state index in [4.69, 9.17) is 0 Å². The summed E-state index contributed by atoms with van der Waals surface area (Å²) in [6.07, 6.45) is 5.71. The Morgan fingerprint density at radius 3 is 2.39 bits per heavy atom. The molecule has 1 saturated heterocycles. The van der Waals surface area contributed by atoms with Crippen LogP contribution in [0.15, 0.2) is 0 Å². The molecule has 1 aliphatic heterocycles. The van der Waals surface area contributed by atoms with E-state index in [9.17, 15) is 0 Å². The number of nitrogens with zero attached hydrogens (tertiary/aromatic N) is 2. The second kappa shape index (κ2) is 5.89. The van der Waals surface area contributed by atoms with Crippen molar-refractivity contribution in [3.63, 3.8) is 0 Å². The zero-order chi connectivity index (χ0) is 13.2. The van der Waals surface area contributed by atoms with E-state index in [0.29, 0.717) is 5.41 Å². The Balaban J connectivity index is 1.93. The molecule has 3 nitrogen and oxygen atoms in total. The number of rotatable bonds is 5. The molecule has 0 radical (unpaired) electrons. The first-order valence-corrected chi connectivity index (χ1v) is 7.60. The van der Waals surface area contributed by atoms with Gasteiger partial charge in [0.25, 0.3) is 0 Å². The smallest absolute Gasteiger partial charge is 0.0254 e. The number of likely N-dealkylation sites (N-methyl/N-ethyl adjacent to an activating group) is 1. The van der Waals surface area contributed by atoms with E-state index in [1.54, 1.807) is 0 Å². The van der Waals surface area contributed by atoms with Crippen LogP contribution in [0.4, 0.5) is 0 Å². The quantitative estimate of drug-likeness (QED) is 0.804. The Labute approximate surface area is 113 Å². The Bertz CT molecular complexity index is 258. The van der Waals surface area contributed by atoms with Crippen LogP contribution in [0.25, 0.3) is 0 Å². The third kappa shape index (κ3) is 3.06. The average molecular weight is 253 g/mol. The van der Waals surface area contributed by atoms with Gasteiger partial charge in [0.1, 0.15) is 0 Å². The summed E-state index contributed by atoms with van der Waals surface area (Å²) in [6, 6.07) is 0.748. The summed E-state index contributed by atoms with van der Waals surface area (Å²) in [7, 11) is 6.56. The van der Waals surface area contributed by atoms with E-state index in [-0.39, 0.29) is 0 Å². The first-order valence-electron chi connectivity index (χ1n) is 7.60. The zero-order valence-corrected chi connectivity index (χ0v) is 12.7. The monoisotopic (exact) mass is 253 g/mol. The van der Waals surface area contributed by atoms with Crippen LogP contribution in [0.2, 0.25) is 0 Å². The molecule has 18 heavy (non-hydrogen) atoms. The van der Waals surface area contributed by atoms with Gasteiger partial charge in [-0.05, 0) is 45.3 Å². The minimum absolute atomic E-state index is 0.565. The van der Waals surface area contributed by atoms with Gasteiger partial charge in [0.05, 0.1) is 0 Å². The predicted octanol–water partition coefficient (Wildman–Crippen LogP) is 1.65. The highest BCUT2D eigenvalue weighted by Gasteiger charge is 2.39. The predicted molar refractivity (Wildman–Crippen MR) is 77.9 cm³/mol. The minimum Gasteiger partial charge on any atom is -0.319 e. The summed E-state index contributed by atoms with van der Waals surface area (Å²) in [4.78, 5) is 5.13. The molecule has 1 heterocycles. The highest BCUT2D eigenvalue weighted by atomic mass is 15.2. The molecule has 0 amide bonds. The molecule has 2 rings (SSSR count). The van der Waals surface area contributed by atoms with Gasteiger partial charge in [-0.25, -0.2) is 0 Å². The summed E-state index contributed by atoms with van der Waals surface area (Å²) in [5.74, 6) is 0.813. The minimum atomic E-state index is 0.565. The van der Waals surface area contributed by atoms with Crippen molar-refractivity contribution in [3.8, 4) is 0 Å². The standard InChI is InChI=1S/C15H31N3/c1-13-9-18(10-14(13)17(3)4)12-15(11-16-2)7-5-6-8-15/h13-14,16H,5-12H2,1-4H3. The Morgan fingerprint density at radius 2 is 1.89 bits per heavy atom. The van der Waals surface area contributed by atoms with E-state index >= 15 is 0 Å². The lowest BCUT2D eigenvalue weighted by atomic mass is 9.85. The average Bonchev–Trinajstić information content (AvgIpc) is 2.87. The van der Waals surface area contributed by atoms with Gasteiger partial charge in [0.2, 0.25) is 0 Å². The molecule has 2 atom stereocenters. The highest BCUT2D eigenvalue weighted by Crippen LogP contribution is 2.39. The van der Waals surface area contributed by atoms with Crippen LogP contribution in [0.1, 0.15) is 32.6 Å². The van der Waals surface area contributed by atoms with Gasteiger partial charge < -0.3 is 15.1 Å². The van der Waals surface area contributed by atoms with Crippen molar-refractivity contribution in [2.75, 3.05) is 47.3 Å². The molecule has 0 aromatic rings. The summed E-state index contributed by atoms with van der Waals surface area (Å²) >= 11 is 0. The Morgan fingerprint density at radius 1 is 1.22 bits per heavy atom. The van der Waals surface area contributed by atoms with Crippen molar-refractivity contribution in [2.45, 2.75) is 38.6 Å². The van der Waals surface area contributed by atoms with Crippen LogP contribution >= 0.6 is 0 Å². The molecule has 1 saturated carbocycles. The van der Waals surface area contributed by atoms with E-state index in [1.165, 1.54) is 51.9 Å². The largest absolute Gasteiger partial charge is 0.319 e. The van der Waals surface area contributed by atoms with Crippen molar-refractivity contribution in [3.05, 3.63) is 0 Å². The fourth-order valence-corrected chi connectivity index (χ4v) is 4.21. The van der Waals surface area contributed by atoms with Crippen LogP contribution < -0.4 is 5.32 Å². The molecule has 106 valence electrons. The molecule has 1 N–H and O–H groups in total. The maximum atomic E-state index is 3.43. The lowest BCUT2D eigenvalue weighted by molar-refractivity contribution is 0.165. The Hall–Kier alpha value is -0.120. The summed E-state index contributed by atoms with van der Waals surface area (Å²) in [5, 5.41) is 3.43. The van der Waals surface area contributed by atoms with Crippen molar-refractivity contribution < 1.29 is 0 Å². The zero-order valence-electron chi connectivity index (χ0n) is 12.7. The summed E-state index contributed by atoms with van der Waals surface area (Å²) in [6.45, 7) is 7.46. The van der Waals surface area contributed by atoms with Crippen LogP contribution in [0, 0.1) is 11.3 Å². The number of hydrogen-bond acceptors (Lipinski definition) is 3. The molecule has 2 fully saturated rings. The van der Waals surface area contributed by atoms with Gasteiger partial charge in [-0.15, -0.1) is 0 Å². The molecule has 2 aliphatic rings. The van der Waals surface area contributed by atoms with Crippen molar-refractivity contribution in [2.24, 2.45) is 11.3 Å². The first-order chi connectivity index (χ1) is 8.56. The van der Waals surface area contributed by atoms with Crippen molar-refractivity contribution in [1.29, 1.82) is 0 Å². The van der Waals surface area contributed by atoms with E-state index in [2.05, 4.69) is 43.2 Å². The van der Waals surface area contributed by atoms with E-state index in [1.807, 2.05) is 0 Å².